The maximum absolute atomic E-state index is 13.1. The molecule has 1 N–H and O–H groups in total. The van der Waals surface area contributed by atoms with Gasteiger partial charge >= 0.3 is 0 Å². The number of aromatic nitrogens is 3. The predicted octanol–water partition coefficient (Wildman–Crippen LogP) is 3.28. The Kier molecular flexibility index (Phi) is 4.73. The van der Waals surface area contributed by atoms with Gasteiger partial charge in [0, 0.05) is 38.3 Å². The Balaban J connectivity index is 1.48. The van der Waals surface area contributed by atoms with E-state index in [-0.39, 0.29) is 11.7 Å². The van der Waals surface area contributed by atoms with Crippen LogP contribution in [0.3, 0.4) is 0 Å². The number of nitrogens with one attached hydrogen (secondary N) is 1. The summed E-state index contributed by atoms with van der Waals surface area (Å²) in [6.45, 7) is 4.18. The minimum absolute atomic E-state index is 0.232. The average Bonchev–Trinajstić information content (AvgIpc) is 3.35. The molecule has 1 amide bonds. The van der Waals surface area contributed by atoms with Gasteiger partial charge in [0.1, 0.15) is 11.3 Å². The molecular weight excluding hydrogens is 378 g/mol. The number of amides is 1. The number of rotatable bonds is 4. The number of Topliss-reactive ketones (excluding diaryl/α,β-unsaturated/α-hetero) is 1. The van der Waals surface area contributed by atoms with Gasteiger partial charge < -0.3 is 10.2 Å². The fourth-order valence-corrected chi connectivity index (χ4v) is 4.61. The standard InChI is InChI=1S/C23H25N5O2/c1-2-15-4-8-27(9-5-15)21-13-17-11-18(29)10-16(17)12-20(21)26-23(30)19-14-25-28-7-3-6-24-22(19)28/h3,6-7,12-15H,2,4-5,8-11H2,1H3,(H,26,30). The van der Waals surface area contributed by atoms with E-state index in [0.29, 0.717) is 24.1 Å². The summed E-state index contributed by atoms with van der Waals surface area (Å²) >= 11 is 0. The van der Waals surface area contributed by atoms with Gasteiger partial charge in [0.15, 0.2) is 5.65 Å². The van der Waals surface area contributed by atoms with E-state index in [1.54, 1.807) is 29.2 Å². The first kappa shape index (κ1) is 18.8. The second-order valence-corrected chi connectivity index (χ2v) is 8.27. The zero-order chi connectivity index (χ0) is 20.7. The summed E-state index contributed by atoms with van der Waals surface area (Å²) in [5, 5.41) is 7.30. The topological polar surface area (TPSA) is 79.6 Å². The molecule has 1 aliphatic carbocycles. The van der Waals surface area contributed by atoms with Crippen LogP contribution >= 0.6 is 0 Å². The highest BCUT2D eigenvalue weighted by atomic mass is 16.1. The zero-order valence-corrected chi connectivity index (χ0v) is 17.1. The lowest BCUT2D eigenvalue weighted by atomic mass is 9.93. The van der Waals surface area contributed by atoms with E-state index < -0.39 is 0 Å². The molecule has 3 heterocycles. The Bertz CT molecular complexity index is 1130. The fraction of sp³-hybridized carbons (Fsp3) is 0.391. The molecule has 7 nitrogen and oxygen atoms in total. The minimum Gasteiger partial charge on any atom is -0.370 e. The van der Waals surface area contributed by atoms with E-state index in [1.807, 2.05) is 6.07 Å². The Hall–Kier alpha value is -3.22. The van der Waals surface area contributed by atoms with Crippen LogP contribution in [-0.4, -0.2) is 39.4 Å². The summed E-state index contributed by atoms with van der Waals surface area (Å²) in [5.74, 6) is 0.758. The number of ketones is 1. The summed E-state index contributed by atoms with van der Waals surface area (Å²) in [4.78, 5) is 31.7. The normalized spacial score (nSPS) is 16.8. The molecule has 1 fully saturated rings. The summed E-state index contributed by atoms with van der Waals surface area (Å²) in [7, 11) is 0. The third kappa shape index (κ3) is 3.34. The molecule has 1 aromatic carbocycles. The van der Waals surface area contributed by atoms with Crippen LogP contribution in [-0.2, 0) is 17.6 Å². The molecule has 0 unspecified atom stereocenters. The van der Waals surface area contributed by atoms with Crippen molar-refractivity contribution in [2.75, 3.05) is 23.3 Å². The summed E-state index contributed by atoms with van der Waals surface area (Å²) in [6, 6.07) is 5.87. The molecule has 30 heavy (non-hydrogen) atoms. The number of anilines is 2. The number of piperidine rings is 1. The Labute approximate surface area is 175 Å². The Morgan fingerprint density at radius 3 is 2.73 bits per heavy atom. The molecule has 1 saturated heterocycles. The van der Waals surface area contributed by atoms with E-state index in [1.165, 1.54) is 6.42 Å². The van der Waals surface area contributed by atoms with E-state index in [9.17, 15) is 9.59 Å². The third-order valence-corrected chi connectivity index (χ3v) is 6.40. The largest absolute Gasteiger partial charge is 0.370 e. The highest BCUT2D eigenvalue weighted by molar-refractivity contribution is 6.09. The lowest BCUT2D eigenvalue weighted by Gasteiger charge is -2.34. The van der Waals surface area contributed by atoms with Crippen LogP contribution in [0.25, 0.3) is 5.65 Å². The molecule has 0 radical (unpaired) electrons. The highest BCUT2D eigenvalue weighted by Crippen LogP contribution is 2.36. The van der Waals surface area contributed by atoms with Crippen LogP contribution in [0.2, 0.25) is 0 Å². The van der Waals surface area contributed by atoms with Crippen molar-refractivity contribution in [3.63, 3.8) is 0 Å². The van der Waals surface area contributed by atoms with Crippen molar-refractivity contribution in [2.24, 2.45) is 5.92 Å². The Morgan fingerprint density at radius 2 is 1.97 bits per heavy atom. The van der Waals surface area contributed by atoms with E-state index >= 15 is 0 Å². The number of benzene rings is 1. The van der Waals surface area contributed by atoms with Crippen LogP contribution in [0.15, 0.2) is 36.8 Å². The second-order valence-electron chi connectivity index (χ2n) is 8.27. The molecule has 2 aliphatic rings. The average molecular weight is 403 g/mol. The number of fused-ring (bicyclic) bond motifs is 2. The monoisotopic (exact) mass is 403 g/mol. The van der Waals surface area contributed by atoms with Crippen molar-refractivity contribution in [1.82, 2.24) is 14.6 Å². The molecule has 2 aromatic heterocycles. The van der Waals surface area contributed by atoms with Gasteiger partial charge in [-0.15, -0.1) is 0 Å². The molecule has 3 aromatic rings. The zero-order valence-electron chi connectivity index (χ0n) is 17.1. The molecule has 5 rings (SSSR count). The number of hydrogen-bond acceptors (Lipinski definition) is 5. The van der Waals surface area contributed by atoms with Crippen LogP contribution in [0, 0.1) is 5.92 Å². The molecule has 154 valence electrons. The smallest absolute Gasteiger partial charge is 0.261 e. The highest BCUT2D eigenvalue weighted by Gasteiger charge is 2.26. The van der Waals surface area contributed by atoms with Crippen molar-refractivity contribution < 1.29 is 9.59 Å². The second kappa shape index (κ2) is 7.55. The van der Waals surface area contributed by atoms with Crippen molar-refractivity contribution in [3.05, 3.63) is 53.5 Å². The van der Waals surface area contributed by atoms with Crippen LogP contribution in [0.5, 0.6) is 0 Å². The van der Waals surface area contributed by atoms with Gasteiger partial charge in [-0.05, 0) is 48.1 Å². The molecule has 0 saturated carbocycles. The fourth-order valence-electron chi connectivity index (χ4n) is 4.61. The van der Waals surface area contributed by atoms with E-state index in [0.717, 1.165) is 54.4 Å². The van der Waals surface area contributed by atoms with Crippen molar-refractivity contribution in [2.45, 2.75) is 39.0 Å². The van der Waals surface area contributed by atoms with Crippen molar-refractivity contribution in [1.29, 1.82) is 0 Å². The first-order valence-electron chi connectivity index (χ1n) is 10.6. The van der Waals surface area contributed by atoms with Crippen LogP contribution < -0.4 is 10.2 Å². The molecule has 7 heteroatoms. The number of carbonyl (C=O) groups is 2. The van der Waals surface area contributed by atoms with Crippen LogP contribution in [0.1, 0.15) is 47.7 Å². The van der Waals surface area contributed by atoms with E-state index in [4.69, 9.17) is 0 Å². The van der Waals surface area contributed by atoms with E-state index in [2.05, 4.69) is 33.3 Å². The molecule has 0 spiro atoms. The van der Waals surface area contributed by atoms with Crippen LogP contribution in [0.4, 0.5) is 11.4 Å². The summed E-state index contributed by atoms with van der Waals surface area (Å²) in [5.41, 5.74) is 4.83. The first-order chi connectivity index (χ1) is 14.6. The van der Waals surface area contributed by atoms with Crippen molar-refractivity contribution >= 4 is 28.7 Å². The van der Waals surface area contributed by atoms with Gasteiger partial charge in [-0.2, -0.15) is 5.10 Å². The maximum Gasteiger partial charge on any atom is 0.261 e. The minimum atomic E-state index is -0.238. The summed E-state index contributed by atoms with van der Waals surface area (Å²) in [6.07, 6.45) is 9.39. The first-order valence-corrected chi connectivity index (χ1v) is 10.6. The van der Waals surface area contributed by atoms with Gasteiger partial charge in [0.2, 0.25) is 0 Å². The number of nitrogens with zero attached hydrogens (tertiary/aromatic N) is 4. The SMILES string of the molecule is CCC1CCN(c2cc3c(cc2NC(=O)c2cnn4cccnc24)CC(=O)C3)CC1. The Morgan fingerprint density at radius 1 is 1.20 bits per heavy atom. The maximum atomic E-state index is 13.1. The van der Waals surface area contributed by atoms with Gasteiger partial charge in [-0.25, -0.2) is 9.50 Å². The lowest BCUT2D eigenvalue weighted by molar-refractivity contribution is -0.117. The predicted molar refractivity (Wildman–Crippen MR) is 115 cm³/mol. The van der Waals surface area contributed by atoms with Gasteiger partial charge in [-0.3, -0.25) is 9.59 Å². The molecule has 1 aliphatic heterocycles. The third-order valence-electron chi connectivity index (χ3n) is 6.40. The molecule has 0 bridgehead atoms. The van der Waals surface area contributed by atoms with Gasteiger partial charge in [0.25, 0.3) is 5.91 Å². The molecule has 0 atom stereocenters. The van der Waals surface area contributed by atoms with Gasteiger partial charge in [0.05, 0.1) is 17.6 Å². The number of carbonyl (C=O) groups excluding carboxylic acids is 2. The summed E-state index contributed by atoms with van der Waals surface area (Å²) < 4.78 is 1.59. The number of hydrogen-bond donors (Lipinski definition) is 1. The van der Waals surface area contributed by atoms with Crippen molar-refractivity contribution in [3.8, 4) is 0 Å². The quantitative estimate of drug-likeness (QED) is 0.723. The molecular formula is C23H25N5O2. The van der Waals surface area contributed by atoms with Gasteiger partial charge in [-0.1, -0.05) is 13.3 Å². The lowest BCUT2D eigenvalue weighted by Crippen LogP contribution is -2.34.